The fourth-order valence-corrected chi connectivity index (χ4v) is 2.85. The average molecular weight is 269 g/mol. The molecule has 1 unspecified atom stereocenters. The first-order valence-corrected chi connectivity index (χ1v) is 7.44. The van der Waals surface area contributed by atoms with Gasteiger partial charge in [0.15, 0.2) is 5.78 Å². The lowest BCUT2D eigenvalue weighted by atomic mass is 9.68. The molecule has 0 bridgehead atoms. The highest BCUT2D eigenvalue weighted by molar-refractivity contribution is 6.17. The van der Waals surface area contributed by atoms with Gasteiger partial charge in [-0.05, 0) is 44.1 Å². The monoisotopic (exact) mass is 268 g/mol. The molecule has 0 fully saturated rings. The van der Waals surface area contributed by atoms with E-state index < -0.39 is 0 Å². The number of unbranched alkanes of at least 4 members (excludes halogenated alkanes) is 1. The van der Waals surface area contributed by atoms with Crippen LogP contribution in [0.15, 0.2) is 23.8 Å². The predicted molar refractivity (Wildman–Crippen MR) is 79.0 cm³/mol. The molecular formula is C16H25ClO. The van der Waals surface area contributed by atoms with Gasteiger partial charge in [0.1, 0.15) is 0 Å². The van der Waals surface area contributed by atoms with Crippen LogP contribution in [0.4, 0.5) is 0 Å². The summed E-state index contributed by atoms with van der Waals surface area (Å²) in [6.07, 6.45) is 11.0. The minimum absolute atomic E-state index is 0.231. The standard InChI is InChI=1S/C16H25ClO/c1-13-7-6-11-16(2,3)15(13)10-9-14(18)8-4-5-12-17/h7,9-10,15H,4-6,8,11-12H2,1-3H3/b10-9+. The maximum Gasteiger partial charge on any atom is 0.155 e. The van der Waals surface area contributed by atoms with Crippen molar-refractivity contribution < 1.29 is 4.79 Å². The lowest BCUT2D eigenvalue weighted by molar-refractivity contribution is -0.114. The summed E-state index contributed by atoms with van der Waals surface area (Å²) in [4.78, 5) is 11.7. The van der Waals surface area contributed by atoms with Crippen molar-refractivity contribution in [2.24, 2.45) is 11.3 Å². The maximum absolute atomic E-state index is 11.7. The molecule has 0 aliphatic heterocycles. The smallest absolute Gasteiger partial charge is 0.155 e. The van der Waals surface area contributed by atoms with Crippen LogP contribution >= 0.6 is 11.6 Å². The van der Waals surface area contributed by atoms with Crippen LogP contribution in [0.25, 0.3) is 0 Å². The van der Waals surface area contributed by atoms with E-state index in [2.05, 4.69) is 32.9 Å². The Labute approximate surface area is 116 Å². The number of carbonyl (C=O) groups excluding carboxylic acids is 1. The van der Waals surface area contributed by atoms with Crippen LogP contribution in [-0.2, 0) is 4.79 Å². The Morgan fingerprint density at radius 3 is 2.83 bits per heavy atom. The number of hydrogen-bond acceptors (Lipinski definition) is 1. The van der Waals surface area contributed by atoms with E-state index in [4.69, 9.17) is 11.6 Å². The van der Waals surface area contributed by atoms with Crippen molar-refractivity contribution in [2.75, 3.05) is 5.88 Å². The zero-order chi connectivity index (χ0) is 13.6. The summed E-state index contributed by atoms with van der Waals surface area (Å²) in [6.45, 7) is 6.75. The van der Waals surface area contributed by atoms with E-state index in [1.54, 1.807) is 6.08 Å². The highest BCUT2D eigenvalue weighted by Crippen LogP contribution is 2.41. The first-order chi connectivity index (χ1) is 8.47. The minimum atomic E-state index is 0.231. The Morgan fingerprint density at radius 2 is 2.22 bits per heavy atom. The first-order valence-electron chi connectivity index (χ1n) is 6.91. The third kappa shape index (κ3) is 4.61. The average Bonchev–Trinajstić information content (AvgIpc) is 2.28. The van der Waals surface area contributed by atoms with Crippen molar-refractivity contribution in [3.63, 3.8) is 0 Å². The lowest BCUT2D eigenvalue weighted by Crippen LogP contribution is -2.26. The van der Waals surface area contributed by atoms with E-state index in [9.17, 15) is 4.79 Å². The Morgan fingerprint density at radius 1 is 1.50 bits per heavy atom. The quantitative estimate of drug-likeness (QED) is 0.290. The number of halogens is 1. The number of allylic oxidation sites excluding steroid dienone is 4. The predicted octanol–water partition coefficient (Wildman–Crippen LogP) is 4.90. The molecule has 0 radical (unpaired) electrons. The zero-order valence-corrected chi connectivity index (χ0v) is 12.6. The third-order valence-electron chi connectivity index (χ3n) is 3.87. The van der Waals surface area contributed by atoms with Gasteiger partial charge in [-0.1, -0.05) is 31.6 Å². The largest absolute Gasteiger partial charge is 0.295 e. The van der Waals surface area contributed by atoms with Gasteiger partial charge in [-0.25, -0.2) is 0 Å². The molecule has 0 spiro atoms. The highest BCUT2D eigenvalue weighted by atomic mass is 35.5. The second-order valence-corrected chi connectivity index (χ2v) is 6.30. The van der Waals surface area contributed by atoms with Gasteiger partial charge in [-0.15, -0.1) is 11.6 Å². The molecule has 1 rings (SSSR count). The minimum Gasteiger partial charge on any atom is -0.295 e. The van der Waals surface area contributed by atoms with Gasteiger partial charge in [-0.2, -0.15) is 0 Å². The van der Waals surface area contributed by atoms with E-state index >= 15 is 0 Å². The van der Waals surface area contributed by atoms with Crippen molar-refractivity contribution in [3.8, 4) is 0 Å². The van der Waals surface area contributed by atoms with Gasteiger partial charge < -0.3 is 0 Å². The molecular weight excluding hydrogens is 244 g/mol. The second kappa shape index (κ2) is 7.13. The summed E-state index contributed by atoms with van der Waals surface area (Å²) >= 11 is 5.60. The number of hydrogen-bond donors (Lipinski definition) is 0. The summed E-state index contributed by atoms with van der Waals surface area (Å²) < 4.78 is 0. The van der Waals surface area contributed by atoms with Gasteiger partial charge in [0.05, 0.1) is 0 Å². The van der Waals surface area contributed by atoms with Crippen LogP contribution in [0.5, 0.6) is 0 Å². The Bertz CT molecular complexity index is 339. The van der Waals surface area contributed by atoms with Crippen molar-refractivity contribution in [1.82, 2.24) is 0 Å². The van der Waals surface area contributed by atoms with E-state index in [1.807, 2.05) is 0 Å². The highest BCUT2D eigenvalue weighted by Gasteiger charge is 2.30. The maximum atomic E-state index is 11.7. The van der Waals surface area contributed by atoms with Gasteiger partial charge in [-0.3, -0.25) is 4.79 Å². The molecule has 0 saturated carbocycles. The molecule has 1 atom stereocenters. The summed E-state index contributed by atoms with van der Waals surface area (Å²) in [5.41, 5.74) is 1.67. The summed E-state index contributed by atoms with van der Waals surface area (Å²) in [5.74, 6) is 1.28. The fourth-order valence-electron chi connectivity index (χ4n) is 2.66. The van der Waals surface area contributed by atoms with Gasteiger partial charge in [0.25, 0.3) is 0 Å². The van der Waals surface area contributed by atoms with Crippen LogP contribution in [0.3, 0.4) is 0 Å². The molecule has 0 amide bonds. The lowest BCUT2D eigenvalue weighted by Gasteiger charge is -2.36. The normalized spacial score (nSPS) is 23.1. The molecule has 0 aromatic heterocycles. The number of ketones is 1. The van der Waals surface area contributed by atoms with Crippen molar-refractivity contribution in [1.29, 1.82) is 0 Å². The Kier molecular flexibility index (Phi) is 6.14. The molecule has 18 heavy (non-hydrogen) atoms. The molecule has 0 N–H and O–H groups in total. The molecule has 0 aromatic carbocycles. The van der Waals surface area contributed by atoms with Crippen LogP contribution < -0.4 is 0 Å². The van der Waals surface area contributed by atoms with Gasteiger partial charge >= 0.3 is 0 Å². The van der Waals surface area contributed by atoms with Crippen molar-refractivity contribution in [2.45, 2.75) is 52.9 Å². The SMILES string of the molecule is CC1=CCCC(C)(C)C1/C=C/C(=O)CCCCCl. The van der Waals surface area contributed by atoms with Crippen LogP contribution in [0, 0.1) is 11.3 Å². The van der Waals surface area contributed by atoms with E-state index in [0.717, 1.165) is 19.3 Å². The summed E-state index contributed by atoms with van der Waals surface area (Å²) in [7, 11) is 0. The van der Waals surface area contributed by atoms with E-state index in [-0.39, 0.29) is 11.2 Å². The zero-order valence-electron chi connectivity index (χ0n) is 11.8. The number of carbonyl (C=O) groups is 1. The molecule has 0 aromatic rings. The van der Waals surface area contributed by atoms with Crippen LogP contribution in [0.2, 0.25) is 0 Å². The summed E-state index contributed by atoms with van der Waals surface area (Å²) in [5, 5.41) is 0. The second-order valence-electron chi connectivity index (χ2n) is 5.92. The van der Waals surface area contributed by atoms with E-state index in [0.29, 0.717) is 18.2 Å². The van der Waals surface area contributed by atoms with Crippen LogP contribution in [-0.4, -0.2) is 11.7 Å². The third-order valence-corrected chi connectivity index (χ3v) is 4.14. The summed E-state index contributed by atoms with van der Waals surface area (Å²) in [6, 6.07) is 0. The number of alkyl halides is 1. The molecule has 2 heteroatoms. The van der Waals surface area contributed by atoms with Crippen LogP contribution in [0.1, 0.15) is 52.9 Å². The molecule has 0 heterocycles. The number of rotatable bonds is 6. The van der Waals surface area contributed by atoms with E-state index in [1.165, 1.54) is 12.0 Å². The fraction of sp³-hybridized carbons (Fsp3) is 0.688. The van der Waals surface area contributed by atoms with Gasteiger partial charge in [0.2, 0.25) is 0 Å². The Hall–Kier alpha value is -0.560. The molecule has 1 aliphatic rings. The van der Waals surface area contributed by atoms with Crippen molar-refractivity contribution in [3.05, 3.63) is 23.8 Å². The Balaban J connectivity index is 2.56. The molecule has 102 valence electrons. The first kappa shape index (κ1) is 15.5. The molecule has 1 nitrogen and oxygen atoms in total. The van der Waals surface area contributed by atoms with Crippen molar-refractivity contribution >= 4 is 17.4 Å². The molecule has 1 aliphatic carbocycles. The van der Waals surface area contributed by atoms with Gasteiger partial charge in [0, 0.05) is 18.2 Å². The molecule has 0 saturated heterocycles. The topological polar surface area (TPSA) is 17.1 Å².